The number of fused-ring (bicyclic) bond motifs is 2. The highest BCUT2D eigenvalue weighted by molar-refractivity contribution is 6.33. The van der Waals surface area contributed by atoms with Crippen molar-refractivity contribution in [3.63, 3.8) is 0 Å². The van der Waals surface area contributed by atoms with Gasteiger partial charge >= 0.3 is 0 Å². The lowest BCUT2D eigenvalue weighted by molar-refractivity contribution is -0.117. The second-order valence-corrected chi connectivity index (χ2v) is 8.69. The first kappa shape index (κ1) is 22.8. The molecule has 0 bridgehead atoms. The predicted molar refractivity (Wildman–Crippen MR) is 135 cm³/mol. The molecule has 0 aliphatic carbocycles. The summed E-state index contributed by atoms with van der Waals surface area (Å²) in [5.41, 5.74) is 3.22. The summed E-state index contributed by atoms with van der Waals surface area (Å²) in [5.74, 6) is 1.13. The lowest BCUT2D eigenvalue weighted by atomic mass is 10.0. The molecule has 5 rings (SSSR count). The Morgan fingerprint density at radius 1 is 1.11 bits per heavy atom. The van der Waals surface area contributed by atoms with Gasteiger partial charge in [-0.2, -0.15) is 0 Å². The number of benzene rings is 3. The van der Waals surface area contributed by atoms with Gasteiger partial charge in [0, 0.05) is 12.0 Å². The number of aryl methyl sites for hydroxylation is 1. The van der Waals surface area contributed by atoms with Crippen molar-refractivity contribution in [3.05, 3.63) is 98.8 Å². The topological polar surface area (TPSA) is 74.5 Å². The second kappa shape index (κ2) is 9.35. The first-order chi connectivity index (χ1) is 17.0. The largest absolute Gasteiger partial charge is 0.490 e. The van der Waals surface area contributed by atoms with Gasteiger partial charge in [-0.1, -0.05) is 48.0 Å². The van der Waals surface area contributed by atoms with Crippen LogP contribution in [-0.4, -0.2) is 21.9 Å². The maximum atomic E-state index is 13.6. The SMILES string of the molecule is CCOc1cccc2c1Oc1c(c(=O)n(-c3ccccc3)n1CC(=O)Nc1ccc(C)cc1Cl)C2. The zero-order valence-electron chi connectivity index (χ0n) is 19.4. The number of nitrogens with zero attached hydrogens (tertiary/aromatic N) is 2. The number of aromatic nitrogens is 2. The summed E-state index contributed by atoms with van der Waals surface area (Å²) in [6.45, 7) is 4.14. The number of halogens is 1. The summed E-state index contributed by atoms with van der Waals surface area (Å²) in [6, 6.07) is 20.2. The van der Waals surface area contributed by atoms with E-state index in [-0.39, 0.29) is 18.0 Å². The second-order valence-electron chi connectivity index (χ2n) is 8.28. The normalized spacial score (nSPS) is 11.9. The number of hydrogen-bond donors (Lipinski definition) is 1. The molecule has 0 unspecified atom stereocenters. The summed E-state index contributed by atoms with van der Waals surface area (Å²) < 4.78 is 15.1. The van der Waals surface area contributed by atoms with Crippen molar-refractivity contribution < 1.29 is 14.3 Å². The summed E-state index contributed by atoms with van der Waals surface area (Å²) in [5, 5.41) is 3.29. The molecule has 4 aromatic rings. The first-order valence-electron chi connectivity index (χ1n) is 11.3. The zero-order chi connectivity index (χ0) is 24.5. The molecule has 1 aliphatic rings. The number of ether oxygens (including phenoxy) is 2. The quantitative estimate of drug-likeness (QED) is 0.349. The molecule has 0 spiro atoms. The van der Waals surface area contributed by atoms with Crippen molar-refractivity contribution in [2.45, 2.75) is 26.8 Å². The maximum Gasteiger partial charge on any atom is 0.278 e. The molecule has 0 fully saturated rings. The number of carbonyl (C=O) groups excluding carboxylic acids is 1. The molecule has 0 saturated carbocycles. The summed E-state index contributed by atoms with van der Waals surface area (Å²) in [4.78, 5) is 26.7. The van der Waals surface area contributed by atoms with Crippen LogP contribution < -0.4 is 20.3 Å². The molecule has 0 saturated heterocycles. The Labute approximate surface area is 207 Å². The van der Waals surface area contributed by atoms with Crippen molar-refractivity contribution in [2.24, 2.45) is 0 Å². The molecule has 1 aromatic heterocycles. The van der Waals surface area contributed by atoms with Crippen molar-refractivity contribution >= 4 is 23.2 Å². The molecule has 0 radical (unpaired) electrons. The number of nitrogens with one attached hydrogen (secondary N) is 1. The highest BCUT2D eigenvalue weighted by Crippen LogP contribution is 2.42. The molecule has 7 nitrogen and oxygen atoms in total. The van der Waals surface area contributed by atoms with Gasteiger partial charge in [-0.15, -0.1) is 0 Å². The molecule has 2 heterocycles. The molecule has 1 N–H and O–H groups in total. The van der Waals surface area contributed by atoms with Gasteiger partial charge in [0.15, 0.2) is 11.5 Å². The third-order valence-corrected chi connectivity index (χ3v) is 6.12. The Balaban J connectivity index is 1.58. The van der Waals surface area contributed by atoms with Crippen LogP contribution in [0.5, 0.6) is 17.4 Å². The number of hydrogen-bond acceptors (Lipinski definition) is 4. The van der Waals surface area contributed by atoms with Gasteiger partial charge in [0.05, 0.1) is 28.6 Å². The van der Waals surface area contributed by atoms with Crippen molar-refractivity contribution in [2.75, 3.05) is 11.9 Å². The van der Waals surface area contributed by atoms with E-state index in [1.54, 1.807) is 16.8 Å². The lowest BCUT2D eigenvalue weighted by Gasteiger charge is -2.21. The Kier molecular flexibility index (Phi) is 6.09. The van der Waals surface area contributed by atoms with Crippen molar-refractivity contribution in [1.29, 1.82) is 0 Å². The minimum absolute atomic E-state index is 0.157. The molecule has 0 atom stereocenters. The standard InChI is InChI=1S/C27H24ClN3O4/c1-3-34-23-11-7-8-18-15-20-26(33)31(19-9-5-4-6-10-19)30(27(20)35-25(18)23)16-24(32)29-22-13-12-17(2)14-21(22)28/h4-14H,3,15-16H2,1-2H3,(H,29,32). The Morgan fingerprint density at radius 3 is 2.66 bits per heavy atom. The fourth-order valence-corrected chi connectivity index (χ4v) is 4.51. The van der Waals surface area contributed by atoms with E-state index in [1.807, 2.05) is 68.4 Å². The van der Waals surface area contributed by atoms with Gasteiger partial charge in [0.1, 0.15) is 6.54 Å². The number of para-hydroxylation sites is 2. The van der Waals surface area contributed by atoms with Crippen LogP contribution in [0.25, 0.3) is 5.69 Å². The maximum absolute atomic E-state index is 13.6. The van der Waals surface area contributed by atoms with Crippen molar-refractivity contribution in [1.82, 2.24) is 9.36 Å². The predicted octanol–water partition coefficient (Wildman–Crippen LogP) is 5.33. The highest BCUT2D eigenvalue weighted by Gasteiger charge is 2.30. The van der Waals surface area contributed by atoms with Crippen LogP contribution in [0.15, 0.2) is 71.5 Å². The van der Waals surface area contributed by atoms with Gasteiger partial charge in [-0.25, -0.2) is 9.36 Å². The molecule has 1 aliphatic heterocycles. The number of amides is 1. The Morgan fingerprint density at radius 2 is 1.91 bits per heavy atom. The number of carbonyl (C=O) groups is 1. The van der Waals surface area contributed by atoms with Crippen LogP contribution in [0.1, 0.15) is 23.6 Å². The van der Waals surface area contributed by atoms with Gasteiger partial charge in [-0.3, -0.25) is 9.59 Å². The van der Waals surface area contributed by atoms with E-state index in [2.05, 4.69) is 5.32 Å². The third-order valence-electron chi connectivity index (χ3n) is 5.80. The highest BCUT2D eigenvalue weighted by atomic mass is 35.5. The van der Waals surface area contributed by atoms with E-state index in [0.29, 0.717) is 52.4 Å². The molecule has 1 amide bonds. The van der Waals surface area contributed by atoms with Crippen LogP contribution in [0.3, 0.4) is 0 Å². The van der Waals surface area contributed by atoms with Crippen LogP contribution in [-0.2, 0) is 17.8 Å². The Hall–Kier alpha value is -3.97. The first-order valence-corrected chi connectivity index (χ1v) is 11.7. The summed E-state index contributed by atoms with van der Waals surface area (Å²) in [6.07, 6.45) is 0.371. The van der Waals surface area contributed by atoms with Crippen LogP contribution in [0, 0.1) is 6.92 Å². The number of anilines is 1. The molecular weight excluding hydrogens is 466 g/mol. The van der Waals surface area contributed by atoms with E-state index in [0.717, 1.165) is 11.1 Å². The smallest absolute Gasteiger partial charge is 0.278 e. The summed E-state index contributed by atoms with van der Waals surface area (Å²) in [7, 11) is 0. The van der Waals surface area contributed by atoms with E-state index >= 15 is 0 Å². The molecular formula is C27H24ClN3O4. The third kappa shape index (κ3) is 4.31. The average molecular weight is 490 g/mol. The van der Waals surface area contributed by atoms with Gasteiger partial charge < -0.3 is 14.8 Å². The molecule has 8 heteroatoms. The van der Waals surface area contributed by atoms with Crippen LogP contribution >= 0.6 is 11.6 Å². The van der Waals surface area contributed by atoms with E-state index < -0.39 is 0 Å². The van der Waals surface area contributed by atoms with Gasteiger partial charge in [-0.05, 0) is 49.7 Å². The molecule has 3 aromatic carbocycles. The fourth-order valence-electron chi connectivity index (χ4n) is 4.23. The van der Waals surface area contributed by atoms with E-state index in [1.165, 1.54) is 4.68 Å². The minimum Gasteiger partial charge on any atom is -0.490 e. The molecule has 35 heavy (non-hydrogen) atoms. The number of rotatable bonds is 6. The van der Waals surface area contributed by atoms with E-state index in [4.69, 9.17) is 21.1 Å². The monoisotopic (exact) mass is 489 g/mol. The minimum atomic E-state index is -0.342. The fraction of sp³-hybridized carbons (Fsp3) is 0.185. The summed E-state index contributed by atoms with van der Waals surface area (Å²) >= 11 is 6.31. The van der Waals surface area contributed by atoms with Gasteiger partial charge in [0.2, 0.25) is 11.8 Å². The lowest BCUT2D eigenvalue weighted by Crippen LogP contribution is -2.27. The Bertz CT molecular complexity index is 1470. The van der Waals surface area contributed by atoms with Crippen LogP contribution in [0.4, 0.5) is 5.69 Å². The van der Waals surface area contributed by atoms with Gasteiger partial charge in [0.25, 0.3) is 5.56 Å². The zero-order valence-corrected chi connectivity index (χ0v) is 20.1. The van der Waals surface area contributed by atoms with Crippen LogP contribution in [0.2, 0.25) is 5.02 Å². The average Bonchev–Trinajstić information content (AvgIpc) is 3.11. The van der Waals surface area contributed by atoms with E-state index in [9.17, 15) is 9.59 Å². The molecule has 178 valence electrons. The van der Waals surface area contributed by atoms with Crippen molar-refractivity contribution in [3.8, 4) is 23.1 Å².